The number of para-hydroxylation sites is 1. The number of hydrogen-bond acceptors (Lipinski definition) is 5. The molecule has 37 heavy (non-hydrogen) atoms. The molecular formula is C29H41N5O3. The van der Waals surface area contributed by atoms with Crippen LogP contribution < -0.4 is 15.5 Å². The Balaban J connectivity index is 1.18. The number of benzene rings is 1. The number of carbonyl (C=O) groups is 2. The van der Waals surface area contributed by atoms with E-state index in [0.29, 0.717) is 30.5 Å². The average Bonchev–Trinajstić information content (AvgIpc) is 2.90. The van der Waals surface area contributed by atoms with Crippen LogP contribution in [0.3, 0.4) is 0 Å². The molecule has 2 amide bonds. The van der Waals surface area contributed by atoms with Crippen molar-refractivity contribution in [3.05, 3.63) is 35.9 Å². The second kappa shape index (κ2) is 12.1. The summed E-state index contributed by atoms with van der Waals surface area (Å²) in [5.74, 6) is 2.51. The van der Waals surface area contributed by atoms with Crippen molar-refractivity contribution in [1.29, 1.82) is 0 Å². The summed E-state index contributed by atoms with van der Waals surface area (Å²) >= 11 is 0. The number of anilines is 1. The Bertz CT molecular complexity index is 1070. The van der Waals surface area contributed by atoms with E-state index in [2.05, 4.69) is 20.4 Å². The molecule has 3 heterocycles. The summed E-state index contributed by atoms with van der Waals surface area (Å²) in [6.45, 7) is 6.97. The smallest absolute Gasteiger partial charge is 0.404 e. The maximum absolute atomic E-state index is 13.4. The van der Waals surface area contributed by atoms with E-state index >= 15 is 0 Å². The summed E-state index contributed by atoms with van der Waals surface area (Å²) in [4.78, 5) is 34.0. The second-order valence-electron chi connectivity index (χ2n) is 11.2. The maximum atomic E-state index is 13.4. The highest BCUT2D eigenvalue weighted by atomic mass is 16.4. The standard InChI is InChI=1S/C29H41N5O3/c35-28(30-19-22-6-8-23(9-7-22)20-31-29(36)37)25-18-27(32-26-5-2-1-4-24(25)26)34-16-11-21(12-17-34)10-15-33-13-3-14-33/h1-2,4-5,18,21-23,31H,3,6-17,19-20H2,(H,30,35)(H,36,37). The molecule has 1 aromatic carbocycles. The molecule has 1 saturated carbocycles. The molecule has 0 atom stereocenters. The molecule has 8 nitrogen and oxygen atoms in total. The first kappa shape index (κ1) is 25.8. The maximum Gasteiger partial charge on any atom is 0.404 e. The quantitative estimate of drug-likeness (QED) is 0.467. The average molecular weight is 508 g/mol. The normalized spacial score (nSPS) is 23.0. The Kier molecular flexibility index (Phi) is 8.44. The van der Waals surface area contributed by atoms with E-state index in [0.717, 1.165) is 61.4 Å². The molecule has 3 N–H and O–H groups in total. The van der Waals surface area contributed by atoms with Crippen LogP contribution in [-0.4, -0.2) is 72.8 Å². The van der Waals surface area contributed by atoms with Gasteiger partial charge in [0, 0.05) is 31.6 Å². The van der Waals surface area contributed by atoms with Gasteiger partial charge >= 0.3 is 6.09 Å². The fourth-order valence-electron chi connectivity index (χ4n) is 6.14. The lowest BCUT2D eigenvalue weighted by Gasteiger charge is -2.36. The SMILES string of the molecule is O=C(O)NCC1CCC(CNC(=O)c2cc(N3CCC(CCN4CCC4)CC3)nc3ccccc23)CC1. The largest absolute Gasteiger partial charge is 0.465 e. The van der Waals surface area contributed by atoms with Crippen LogP contribution >= 0.6 is 0 Å². The van der Waals surface area contributed by atoms with Gasteiger partial charge in [-0.1, -0.05) is 18.2 Å². The van der Waals surface area contributed by atoms with Crippen molar-refractivity contribution in [3.8, 4) is 0 Å². The van der Waals surface area contributed by atoms with E-state index in [1.165, 1.54) is 45.3 Å². The lowest BCUT2D eigenvalue weighted by molar-refractivity contribution is 0.0942. The zero-order valence-electron chi connectivity index (χ0n) is 21.8. The summed E-state index contributed by atoms with van der Waals surface area (Å²) in [6.07, 6.45) is 8.10. The van der Waals surface area contributed by atoms with E-state index < -0.39 is 6.09 Å². The molecule has 3 fully saturated rings. The van der Waals surface area contributed by atoms with Crippen LogP contribution in [0, 0.1) is 17.8 Å². The minimum Gasteiger partial charge on any atom is -0.465 e. The van der Waals surface area contributed by atoms with Crippen molar-refractivity contribution in [2.45, 2.75) is 51.4 Å². The number of carboxylic acid groups (broad SMARTS) is 1. The first-order valence-corrected chi connectivity index (χ1v) is 14.2. The summed E-state index contributed by atoms with van der Waals surface area (Å²) in [7, 11) is 0. The van der Waals surface area contributed by atoms with E-state index in [4.69, 9.17) is 10.1 Å². The monoisotopic (exact) mass is 507 g/mol. The molecule has 8 heteroatoms. The zero-order valence-corrected chi connectivity index (χ0v) is 21.8. The third-order valence-electron chi connectivity index (χ3n) is 8.75. The Morgan fingerprint density at radius 1 is 0.892 bits per heavy atom. The van der Waals surface area contributed by atoms with Gasteiger partial charge in [0.05, 0.1) is 11.1 Å². The predicted octanol–water partition coefficient (Wildman–Crippen LogP) is 4.35. The predicted molar refractivity (Wildman–Crippen MR) is 146 cm³/mol. The molecule has 200 valence electrons. The van der Waals surface area contributed by atoms with Gasteiger partial charge < -0.3 is 25.5 Å². The van der Waals surface area contributed by atoms with Gasteiger partial charge in [0.2, 0.25) is 0 Å². The van der Waals surface area contributed by atoms with E-state index in [-0.39, 0.29) is 5.91 Å². The first-order valence-electron chi connectivity index (χ1n) is 14.2. The van der Waals surface area contributed by atoms with Crippen LogP contribution in [0.5, 0.6) is 0 Å². The summed E-state index contributed by atoms with van der Waals surface area (Å²) in [6, 6.07) is 9.94. The lowest BCUT2D eigenvalue weighted by atomic mass is 9.82. The van der Waals surface area contributed by atoms with Gasteiger partial charge in [0.15, 0.2) is 0 Å². The Morgan fingerprint density at radius 3 is 2.22 bits per heavy atom. The molecule has 2 aromatic rings. The van der Waals surface area contributed by atoms with Crippen LogP contribution in [0.4, 0.5) is 10.6 Å². The molecule has 0 bridgehead atoms. The number of fused-ring (bicyclic) bond motifs is 1. The number of amides is 2. The van der Waals surface area contributed by atoms with Gasteiger partial charge in [0.1, 0.15) is 5.82 Å². The minimum atomic E-state index is -0.954. The highest BCUT2D eigenvalue weighted by molar-refractivity contribution is 6.07. The molecule has 2 saturated heterocycles. The van der Waals surface area contributed by atoms with Crippen LogP contribution in [0.15, 0.2) is 30.3 Å². The number of hydrogen-bond donors (Lipinski definition) is 3. The highest BCUT2D eigenvalue weighted by Crippen LogP contribution is 2.30. The van der Waals surface area contributed by atoms with Crippen LogP contribution in [0.25, 0.3) is 10.9 Å². The van der Waals surface area contributed by atoms with E-state index in [1.54, 1.807) is 0 Å². The summed E-state index contributed by atoms with van der Waals surface area (Å²) in [5.41, 5.74) is 1.58. The van der Waals surface area contributed by atoms with Crippen molar-refractivity contribution < 1.29 is 14.7 Å². The number of carbonyl (C=O) groups excluding carboxylic acids is 1. The van der Waals surface area contributed by atoms with Crippen molar-refractivity contribution in [1.82, 2.24) is 20.5 Å². The molecule has 0 spiro atoms. The van der Waals surface area contributed by atoms with Crippen molar-refractivity contribution in [2.24, 2.45) is 17.8 Å². The third-order valence-corrected chi connectivity index (χ3v) is 8.75. The summed E-state index contributed by atoms with van der Waals surface area (Å²) in [5, 5.41) is 15.4. The number of piperidine rings is 1. The molecule has 0 radical (unpaired) electrons. The Hall–Kier alpha value is -2.87. The summed E-state index contributed by atoms with van der Waals surface area (Å²) < 4.78 is 0. The van der Waals surface area contributed by atoms with Crippen molar-refractivity contribution >= 4 is 28.7 Å². The topological polar surface area (TPSA) is 97.8 Å². The zero-order chi connectivity index (χ0) is 25.6. The number of pyridine rings is 1. The molecule has 3 aliphatic rings. The lowest BCUT2D eigenvalue weighted by Crippen LogP contribution is -2.40. The van der Waals surface area contributed by atoms with E-state index in [1.807, 2.05) is 30.3 Å². The number of rotatable bonds is 9. The van der Waals surface area contributed by atoms with Gasteiger partial charge in [-0.3, -0.25) is 4.79 Å². The number of nitrogens with one attached hydrogen (secondary N) is 2. The van der Waals surface area contributed by atoms with Crippen LogP contribution in [0.2, 0.25) is 0 Å². The molecular weight excluding hydrogens is 466 g/mol. The number of likely N-dealkylation sites (tertiary alicyclic amines) is 1. The molecule has 0 unspecified atom stereocenters. The highest BCUT2D eigenvalue weighted by Gasteiger charge is 2.25. The van der Waals surface area contributed by atoms with Gasteiger partial charge in [-0.05, 0) is 101 Å². The minimum absolute atomic E-state index is 0.0287. The fraction of sp³-hybridized carbons (Fsp3) is 0.621. The molecule has 2 aliphatic heterocycles. The first-order chi connectivity index (χ1) is 18.0. The number of nitrogens with zero attached hydrogens (tertiary/aromatic N) is 3. The van der Waals surface area contributed by atoms with Gasteiger partial charge in [0.25, 0.3) is 5.91 Å². The Morgan fingerprint density at radius 2 is 1.57 bits per heavy atom. The van der Waals surface area contributed by atoms with E-state index in [9.17, 15) is 9.59 Å². The van der Waals surface area contributed by atoms with Crippen molar-refractivity contribution in [2.75, 3.05) is 50.7 Å². The van der Waals surface area contributed by atoms with Gasteiger partial charge in [-0.15, -0.1) is 0 Å². The molecule has 5 rings (SSSR count). The van der Waals surface area contributed by atoms with Crippen LogP contribution in [-0.2, 0) is 0 Å². The fourth-order valence-corrected chi connectivity index (χ4v) is 6.14. The molecule has 1 aromatic heterocycles. The number of aromatic nitrogens is 1. The molecule has 1 aliphatic carbocycles. The second-order valence-corrected chi connectivity index (χ2v) is 11.2. The van der Waals surface area contributed by atoms with Gasteiger partial charge in [-0.25, -0.2) is 9.78 Å². The Labute approximate surface area is 219 Å². The van der Waals surface area contributed by atoms with Crippen molar-refractivity contribution in [3.63, 3.8) is 0 Å². The van der Waals surface area contributed by atoms with Gasteiger partial charge in [-0.2, -0.15) is 0 Å². The van der Waals surface area contributed by atoms with Crippen LogP contribution in [0.1, 0.15) is 61.7 Å². The third kappa shape index (κ3) is 6.72.